The van der Waals surface area contributed by atoms with E-state index < -0.39 is 0 Å². The van der Waals surface area contributed by atoms with Gasteiger partial charge in [0.2, 0.25) is 0 Å². The van der Waals surface area contributed by atoms with Crippen LogP contribution in [0.1, 0.15) is 0 Å². The second-order valence-electron chi connectivity index (χ2n) is 4.74. The first kappa shape index (κ1) is 11.3. The molecule has 0 bridgehead atoms. The van der Waals surface area contributed by atoms with Crippen molar-refractivity contribution in [3.63, 3.8) is 0 Å². The number of fused-ring (bicyclic) bond motifs is 1. The van der Waals surface area contributed by atoms with Gasteiger partial charge in [-0.1, -0.05) is 12.1 Å². The molecule has 0 aliphatic carbocycles. The quantitative estimate of drug-likeness (QED) is 0.713. The molecule has 2 aromatic rings. The number of hydrogen-bond acceptors (Lipinski definition) is 4. The molecule has 0 spiro atoms. The monoisotopic (exact) mass is 244 g/mol. The molecule has 2 heterocycles. The van der Waals surface area contributed by atoms with Gasteiger partial charge < -0.3 is 14.2 Å². The molecule has 0 radical (unpaired) electrons. The molecular weight excluding hydrogens is 228 g/mol. The molecule has 18 heavy (non-hydrogen) atoms. The van der Waals surface area contributed by atoms with Crippen LogP contribution in [0.15, 0.2) is 39.5 Å². The Morgan fingerprint density at radius 2 is 1.83 bits per heavy atom. The fourth-order valence-electron chi connectivity index (χ4n) is 2.40. The van der Waals surface area contributed by atoms with E-state index in [4.69, 9.17) is 4.42 Å². The van der Waals surface area contributed by atoms with Crippen LogP contribution in [0.5, 0.6) is 0 Å². The SMILES string of the molecule is CN1CCN(c2cc(=O)oc3ccccc23)CC1. The molecule has 1 aromatic carbocycles. The average Bonchev–Trinajstić information content (AvgIpc) is 2.38. The Morgan fingerprint density at radius 3 is 2.61 bits per heavy atom. The first-order chi connectivity index (χ1) is 8.74. The van der Waals surface area contributed by atoms with Crippen molar-refractivity contribution in [3.05, 3.63) is 40.8 Å². The Labute approximate surface area is 105 Å². The molecule has 4 heteroatoms. The molecule has 1 saturated heterocycles. The Morgan fingerprint density at radius 1 is 1.11 bits per heavy atom. The van der Waals surface area contributed by atoms with E-state index in [9.17, 15) is 4.79 Å². The third-order valence-electron chi connectivity index (χ3n) is 3.47. The zero-order chi connectivity index (χ0) is 12.5. The highest BCUT2D eigenvalue weighted by Crippen LogP contribution is 2.25. The fourth-order valence-corrected chi connectivity index (χ4v) is 2.40. The Hall–Kier alpha value is -1.81. The molecule has 1 aromatic heterocycles. The van der Waals surface area contributed by atoms with E-state index >= 15 is 0 Å². The van der Waals surface area contributed by atoms with Crippen molar-refractivity contribution >= 4 is 16.7 Å². The minimum Gasteiger partial charge on any atom is -0.423 e. The van der Waals surface area contributed by atoms with Gasteiger partial charge in [0, 0.05) is 37.6 Å². The van der Waals surface area contributed by atoms with E-state index in [1.54, 1.807) is 6.07 Å². The summed E-state index contributed by atoms with van der Waals surface area (Å²) in [4.78, 5) is 16.2. The molecule has 94 valence electrons. The molecule has 1 aliphatic rings. The van der Waals surface area contributed by atoms with Crippen molar-refractivity contribution < 1.29 is 4.42 Å². The third-order valence-corrected chi connectivity index (χ3v) is 3.47. The van der Waals surface area contributed by atoms with Crippen LogP contribution < -0.4 is 10.5 Å². The maximum atomic E-state index is 11.6. The zero-order valence-corrected chi connectivity index (χ0v) is 10.4. The van der Waals surface area contributed by atoms with Crippen LogP contribution in [0, 0.1) is 0 Å². The molecule has 0 N–H and O–H groups in total. The van der Waals surface area contributed by atoms with Crippen LogP contribution >= 0.6 is 0 Å². The summed E-state index contributed by atoms with van der Waals surface area (Å²) in [6.07, 6.45) is 0. The van der Waals surface area contributed by atoms with Crippen LogP contribution in [0.3, 0.4) is 0 Å². The lowest BCUT2D eigenvalue weighted by molar-refractivity contribution is 0.313. The molecule has 0 unspecified atom stereocenters. The normalized spacial score (nSPS) is 17.3. The van der Waals surface area contributed by atoms with Gasteiger partial charge in [-0.2, -0.15) is 0 Å². The summed E-state index contributed by atoms with van der Waals surface area (Å²) in [5, 5.41) is 1.02. The van der Waals surface area contributed by atoms with Gasteiger partial charge in [-0.3, -0.25) is 0 Å². The fraction of sp³-hybridized carbons (Fsp3) is 0.357. The summed E-state index contributed by atoms with van der Waals surface area (Å²) >= 11 is 0. The predicted octanol–water partition coefficient (Wildman–Crippen LogP) is 1.54. The lowest BCUT2D eigenvalue weighted by Crippen LogP contribution is -2.44. The van der Waals surface area contributed by atoms with Gasteiger partial charge in [0.25, 0.3) is 0 Å². The number of piperazine rings is 1. The van der Waals surface area contributed by atoms with E-state index in [-0.39, 0.29) is 5.63 Å². The smallest absolute Gasteiger partial charge is 0.338 e. The lowest BCUT2D eigenvalue weighted by atomic mass is 10.1. The van der Waals surface area contributed by atoms with Crippen molar-refractivity contribution in [2.75, 3.05) is 38.1 Å². The Balaban J connectivity index is 2.08. The molecule has 3 rings (SSSR count). The van der Waals surface area contributed by atoms with Crippen LogP contribution in [-0.4, -0.2) is 38.1 Å². The van der Waals surface area contributed by atoms with Gasteiger partial charge in [0.05, 0.1) is 5.69 Å². The molecule has 0 atom stereocenters. The number of hydrogen-bond donors (Lipinski definition) is 0. The molecule has 0 amide bonds. The lowest BCUT2D eigenvalue weighted by Gasteiger charge is -2.34. The second-order valence-corrected chi connectivity index (χ2v) is 4.74. The van der Waals surface area contributed by atoms with E-state index in [0.717, 1.165) is 37.3 Å². The number of nitrogens with zero attached hydrogens (tertiary/aromatic N) is 2. The maximum absolute atomic E-state index is 11.6. The van der Waals surface area contributed by atoms with Crippen molar-refractivity contribution in [2.24, 2.45) is 0 Å². The minimum absolute atomic E-state index is 0.275. The Bertz CT molecular complexity index is 612. The Kier molecular flexibility index (Phi) is 2.80. The topological polar surface area (TPSA) is 36.7 Å². The summed E-state index contributed by atoms with van der Waals surface area (Å²) in [6, 6.07) is 9.32. The predicted molar refractivity (Wildman–Crippen MR) is 72.2 cm³/mol. The van der Waals surface area contributed by atoms with Crippen molar-refractivity contribution in [1.82, 2.24) is 4.90 Å². The third kappa shape index (κ3) is 1.99. The summed E-state index contributed by atoms with van der Waals surface area (Å²) < 4.78 is 5.22. The first-order valence-electron chi connectivity index (χ1n) is 6.20. The van der Waals surface area contributed by atoms with Gasteiger partial charge in [-0.05, 0) is 19.2 Å². The summed E-state index contributed by atoms with van der Waals surface area (Å²) in [5.74, 6) is 0. The van der Waals surface area contributed by atoms with Gasteiger partial charge in [0.15, 0.2) is 0 Å². The summed E-state index contributed by atoms with van der Waals surface area (Å²) in [5.41, 5.74) is 1.39. The number of benzene rings is 1. The molecule has 1 fully saturated rings. The van der Waals surface area contributed by atoms with E-state index in [2.05, 4.69) is 16.8 Å². The summed E-state index contributed by atoms with van der Waals surface area (Å²) in [7, 11) is 2.12. The van der Waals surface area contributed by atoms with E-state index in [1.807, 2.05) is 24.3 Å². The number of anilines is 1. The maximum Gasteiger partial charge on any atom is 0.338 e. The molecule has 1 aliphatic heterocycles. The number of rotatable bonds is 1. The van der Waals surface area contributed by atoms with Gasteiger partial charge in [0.1, 0.15) is 5.58 Å². The van der Waals surface area contributed by atoms with Crippen molar-refractivity contribution in [1.29, 1.82) is 0 Å². The molecule has 4 nitrogen and oxygen atoms in total. The highest BCUT2D eigenvalue weighted by molar-refractivity contribution is 5.90. The molecule has 0 saturated carbocycles. The highest BCUT2D eigenvalue weighted by Gasteiger charge is 2.17. The second kappa shape index (κ2) is 4.46. The van der Waals surface area contributed by atoms with Gasteiger partial charge in [-0.25, -0.2) is 4.79 Å². The largest absolute Gasteiger partial charge is 0.423 e. The minimum atomic E-state index is -0.275. The number of para-hydroxylation sites is 1. The standard InChI is InChI=1S/C14H16N2O2/c1-15-6-8-16(9-7-15)12-10-14(17)18-13-5-3-2-4-11(12)13/h2-5,10H,6-9H2,1H3. The number of likely N-dealkylation sites (N-methyl/N-ethyl adjacent to an activating group) is 1. The first-order valence-corrected chi connectivity index (χ1v) is 6.20. The van der Waals surface area contributed by atoms with E-state index in [0.29, 0.717) is 5.58 Å². The van der Waals surface area contributed by atoms with Gasteiger partial charge in [-0.15, -0.1) is 0 Å². The van der Waals surface area contributed by atoms with E-state index in [1.165, 1.54) is 0 Å². The van der Waals surface area contributed by atoms with Crippen LogP contribution in [0.2, 0.25) is 0 Å². The zero-order valence-electron chi connectivity index (χ0n) is 10.4. The van der Waals surface area contributed by atoms with Gasteiger partial charge >= 0.3 is 5.63 Å². The van der Waals surface area contributed by atoms with Crippen LogP contribution in [-0.2, 0) is 0 Å². The van der Waals surface area contributed by atoms with Crippen molar-refractivity contribution in [3.8, 4) is 0 Å². The molecular formula is C14H16N2O2. The highest BCUT2D eigenvalue weighted by atomic mass is 16.4. The van der Waals surface area contributed by atoms with Crippen LogP contribution in [0.25, 0.3) is 11.0 Å². The van der Waals surface area contributed by atoms with Crippen LogP contribution in [0.4, 0.5) is 5.69 Å². The average molecular weight is 244 g/mol. The van der Waals surface area contributed by atoms with Crippen molar-refractivity contribution in [2.45, 2.75) is 0 Å². The summed E-state index contributed by atoms with van der Waals surface area (Å²) in [6.45, 7) is 3.94.